The van der Waals surface area contributed by atoms with Crippen molar-refractivity contribution in [3.63, 3.8) is 0 Å². The predicted octanol–water partition coefficient (Wildman–Crippen LogP) is 11.9. The van der Waals surface area contributed by atoms with Crippen molar-refractivity contribution in [2.75, 3.05) is 0 Å². The van der Waals surface area contributed by atoms with Crippen LogP contribution in [0.25, 0.3) is 0 Å². The summed E-state index contributed by atoms with van der Waals surface area (Å²) in [5.41, 5.74) is 4.25. The van der Waals surface area contributed by atoms with Crippen molar-refractivity contribution in [3.8, 4) is 5.75 Å². The zero-order valence-corrected chi connectivity index (χ0v) is 28.1. The van der Waals surface area contributed by atoms with E-state index < -0.39 is 55.1 Å². The van der Waals surface area contributed by atoms with Crippen LogP contribution < -0.4 is 0 Å². The van der Waals surface area contributed by atoms with Gasteiger partial charge in [0.1, 0.15) is 5.75 Å². The van der Waals surface area contributed by atoms with E-state index in [1.54, 1.807) is 0 Å². The molecule has 0 amide bonds. The fourth-order valence-corrected chi connectivity index (χ4v) is 9.17. The zero-order valence-electron chi connectivity index (χ0n) is 28.1. The summed E-state index contributed by atoms with van der Waals surface area (Å²) in [6, 6.07) is 5.86. The Balaban J connectivity index is 1.17. The van der Waals surface area contributed by atoms with E-state index in [-0.39, 0.29) is 11.8 Å². The molecule has 0 radical (unpaired) electrons. The maximum absolute atomic E-state index is 13.8. The molecule has 3 aliphatic carbocycles. The Bertz CT molecular complexity index is 1310. The summed E-state index contributed by atoms with van der Waals surface area (Å²) in [7, 11) is 0. The largest absolute Gasteiger partial charge is 0.508 e. The molecule has 0 aliphatic heterocycles. The van der Waals surface area contributed by atoms with Gasteiger partial charge in [-0.1, -0.05) is 70.1 Å². The van der Waals surface area contributed by atoms with Crippen molar-refractivity contribution in [1.82, 2.24) is 0 Å². The third kappa shape index (κ3) is 8.08. The highest BCUT2D eigenvalue weighted by Gasteiger charge is 2.81. The number of phenols is 1. The first-order valence-corrected chi connectivity index (χ1v) is 17.7. The maximum atomic E-state index is 13.8. The van der Waals surface area contributed by atoms with Crippen LogP contribution in [0.15, 0.2) is 30.4 Å². The molecule has 6 atom stereocenters. The first kappa shape index (κ1) is 39.4. The number of carboxylic acid groups (broad SMARTS) is 1. The van der Waals surface area contributed by atoms with Crippen molar-refractivity contribution in [1.29, 1.82) is 0 Å². The van der Waals surface area contributed by atoms with Crippen LogP contribution in [0.3, 0.4) is 0 Å². The molecular weight excluding hydrogens is 663 g/mol. The number of carboxylic acids is 1. The van der Waals surface area contributed by atoms with Crippen molar-refractivity contribution in [3.05, 3.63) is 41.5 Å². The summed E-state index contributed by atoms with van der Waals surface area (Å²) >= 11 is 0. The van der Waals surface area contributed by atoms with Gasteiger partial charge in [0.05, 0.1) is 5.92 Å². The average Bonchev–Trinajstić information content (AvgIpc) is 3.31. The molecule has 3 nitrogen and oxygen atoms in total. The summed E-state index contributed by atoms with van der Waals surface area (Å²) in [6.45, 7) is 6.84. The van der Waals surface area contributed by atoms with E-state index in [0.29, 0.717) is 42.3 Å². The lowest BCUT2D eigenvalue weighted by molar-refractivity contribution is -0.396. The molecule has 2 N–H and O–H groups in total. The number of fused-ring (bicyclic) bond motifs is 5. The second kappa shape index (κ2) is 15.1. The van der Waals surface area contributed by atoms with E-state index in [9.17, 15) is 54.5 Å². The van der Waals surface area contributed by atoms with E-state index in [1.165, 1.54) is 23.1 Å². The van der Waals surface area contributed by atoms with E-state index in [0.717, 1.165) is 64.2 Å². The number of hydrogen-bond acceptors (Lipinski definition) is 2. The first-order valence-electron chi connectivity index (χ1n) is 17.7. The van der Waals surface area contributed by atoms with Crippen LogP contribution in [-0.4, -0.2) is 40.1 Å². The molecule has 4 rings (SSSR count). The maximum Gasteiger partial charge on any atom is 0.460 e. The second-order valence-electron chi connectivity index (χ2n) is 15.1. The SMILES string of the molecule is C=C1CCC2C3C(CC[C@]12C)c1ccc(O)cc1C[C@H]3CCCCCCCCCC(CCCC(F)(F)C(F)(F)C(F)(F)C(F)(F)F)C(=O)O. The van der Waals surface area contributed by atoms with Crippen LogP contribution in [0.5, 0.6) is 5.75 Å². The Morgan fingerprint density at radius 3 is 2.14 bits per heavy atom. The average molecular weight is 713 g/mol. The minimum absolute atomic E-state index is 0.0593. The van der Waals surface area contributed by atoms with Crippen molar-refractivity contribution < 1.29 is 54.5 Å². The molecule has 278 valence electrons. The quantitative estimate of drug-likeness (QED) is 0.0960. The highest BCUT2D eigenvalue weighted by atomic mass is 19.4. The molecule has 3 aliphatic rings. The molecule has 2 fully saturated rings. The third-order valence-corrected chi connectivity index (χ3v) is 12.1. The number of aromatic hydroxyl groups is 1. The van der Waals surface area contributed by atoms with Crippen LogP contribution in [0, 0.1) is 29.1 Å². The lowest BCUT2D eigenvalue weighted by atomic mass is 9.52. The Labute approximate surface area is 282 Å². The summed E-state index contributed by atoms with van der Waals surface area (Å²) in [5.74, 6) is -19.3. The fourth-order valence-electron chi connectivity index (χ4n) is 9.17. The lowest BCUT2D eigenvalue weighted by Gasteiger charge is -2.52. The number of aliphatic carboxylic acids is 1. The third-order valence-electron chi connectivity index (χ3n) is 12.1. The van der Waals surface area contributed by atoms with Gasteiger partial charge < -0.3 is 10.2 Å². The van der Waals surface area contributed by atoms with Crippen LogP contribution >= 0.6 is 0 Å². The van der Waals surface area contributed by atoms with Crippen molar-refractivity contribution >= 4 is 5.97 Å². The molecule has 4 unspecified atom stereocenters. The van der Waals surface area contributed by atoms with Crippen molar-refractivity contribution in [2.24, 2.45) is 29.1 Å². The van der Waals surface area contributed by atoms with E-state index >= 15 is 0 Å². The van der Waals surface area contributed by atoms with E-state index in [1.807, 2.05) is 12.1 Å². The van der Waals surface area contributed by atoms with Crippen LogP contribution in [0.1, 0.15) is 127 Å². The minimum Gasteiger partial charge on any atom is -0.508 e. The van der Waals surface area contributed by atoms with Gasteiger partial charge in [-0.2, -0.15) is 39.5 Å². The minimum atomic E-state index is -6.94. The molecule has 49 heavy (non-hydrogen) atoms. The van der Waals surface area contributed by atoms with Gasteiger partial charge in [0.25, 0.3) is 0 Å². The fraction of sp³-hybridized carbons (Fsp3) is 0.757. The van der Waals surface area contributed by atoms with E-state index in [2.05, 4.69) is 19.6 Å². The van der Waals surface area contributed by atoms with Gasteiger partial charge in [-0.25, -0.2) is 0 Å². The summed E-state index contributed by atoms with van der Waals surface area (Å²) in [6.07, 6.45) is 2.27. The van der Waals surface area contributed by atoms with Gasteiger partial charge >= 0.3 is 29.9 Å². The summed E-state index contributed by atoms with van der Waals surface area (Å²) < 4.78 is 118. The molecule has 0 bridgehead atoms. The molecule has 0 spiro atoms. The van der Waals surface area contributed by atoms with Gasteiger partial charge in [0.15, 0.2) is 0 Å². The van der Waals surface area contributed by atoms with Gasteiger partial charge in [-0.05, 0) is 110 Å². The highest BCUT2D eigenvalue weighted by Crippen LogP contribution is 2.64. The lowest BCUT2D eigenvalue weighted by Crippen LogP contribution is -2.60. The standard InChI is InChI=1S/C37H49F9O3/c1-23-14-17-30-31-25(21-26-22-27(47)15-16-28(26)29(31)18-20-33(23,30)2)12-9-7-5-3-4-6-8-11-24(32(48)49)13-10-19-34(38,39)35(40,41)36(42,43)37(44,45)46/h15-16,22,24-25,29-31,47H,1,3-14,17-21H2,2H3,(H,48,49)/t24?,25-,29?,30?,31?,33-/m1/s1. The predicted molar refractivity (Wildman–Crippen MR) is 168 cm³/mol. The topological polar surface area (TPSA) is 57.5 Å². The Hall–Kier alpha value is -2.40. The molecule has 1 aromatic carbocycles. The van der Waals surface area contributed by atoms with Gasteiger partial charge in [-0.15, -0.1) is 0 Å². The molecule has 1 aromatic rings. The summed E-state index contributed by atoms with van der Waals surface area (Å²) in [4.78, 5) is 11.6. The monoisotopic (exact) mass is 712 g/mol. The Morgan fingerprint density at radius 2 is 1.51 bits per heavy atom. The number of rotatable bonds is 17. The molecule has 0 saturated heterocycles. The van der Waals surface area contributed by atoms with Crippen LogP contribution in [-0.2, 0) is 11.2 Å². The second-order valence-corrected chi connectivity index (χ2v) is 15.1. The zero-order chi connectivity index (χ0) is 36.4. The van der Waals surface area contributed by atoms with Crippen molar-refractivity contribution in [2.45, 2.75) is 146 Å². The molecule has 2 saturated carbocycles. The number of halogens is 9. The normalized spacial score (nSPS) is 26.6. The van der Waals surface area contributed by atoms with Crippen LogP contribution in [0.4, 0.5) is 39.5 Å². The molecule has 12 heteroatoms. The smallest absolute Gasteiger partial charge is 0.460 e. The number of hydrogen-bond donors (Lipinski definition) is 2. The summed E-state index contributed by atoms with van der Waals surface area (Å²) in [5, 5.41) is 19.6. The number of benzene rings is 1. The molecular formula is C37H49F9O3. The molecule has 0 aromatic heterocycles. The number of unbranched alkanes of at least 4 members (excludes halogenated alkanes) is 6. The highest BCUT2D eigenvalue weighted by molar-refractivity contribution is 5.69. The number of carbonyl (C=O) groups is 1. The Morgan fingerprint density at radius 1 is 0.898 bits per heavy atom. The van der Waals surface area contributed by atoms with E-state index in [4.69, 9.17) is 0 Å². The van der Waals surface area contributed by atoms with Crippen LogP contribution in [0.2, 0.25) is 0 Å². The van der Waals surface area contributed by atoms with Gasteiger partial charge in [0, 0.05) is 6.42 Å². The number of alkyl halides is 9. The Kier molecular flexibility index (Phi) is 12.1. The number of allylic oxidation sites excluding steroid dienone is 1. The van der Waals surface area contributed by atoms with Gasteiger partial charge in [-0.3, -0.25) is 4.79 Å². The van der Waals surface area contributed by atoms with Gasteiger partial charge in [0.2, 0.25) is 0 Å². The number of phenolic OH excluding ortho intramolecular Hbond substituents is 1. The first-order chi connectivity index (χ1) is 22.7. The molecule has 0 heterocycles.